The fourth-order valence-corrected chi connectivity index (χ4v) is 3.76. The highest BCUT2D eigenvalue weighted by Gasteiger charge is 2.17. The predicted octanol–water partition coefficient (Wildman–Crippen LogP) is 7.38. The molecule has 0 radical (unpaired) electrons. The van der Waals surface area contributed by atoms with E-state index >= 15 is 0 Å². The van der Waals surface area contributed by atoms with E-state index < -0.39 is 0 Å². The van der Waals surface area contributed by atoms with Crippen molar-refractivity contribution < 1.29 is 0 Å². The summed E-state index contributed by atoms with van der Waals surface area (Å²) in [5.74, 6) is 0. The van der Waals surface area contributed by atoms with Crippen LogP contribution in [0.4, 0.5) is 5.69 Å². The summed E-state index contributed by atoms with van der Waals surface area (Å²) >= 11 is 6.86. The quantitative estimate of drug-likeness (QED) is 0.312. The van der Waals surface area contributed by atoms with Gasteiger partial charge in [-0.15, -0.1) is 0 Å². The predicted molar refractivity (Wildman–Crippen MR) is 92.9 cm³/mol. The molecule has 0 amide bonds. The molecule has 0 atom stereocenters. The molecule has 110 valence electrons. The van der Waals surface area contributed by atoms with E-state index in [-0.39, 0.29) is 0 Å². The van der Waals surface area contributed by atoms with Crippen LogP contribution in [0, 0.1) is 5.39 Å². The van der Waals surface area contributed by atoms with Crippen LogP contribution in [0.5, 0.6) is 0 Å². The molecule has 0 aliphatic carbocycles. The molecule has 0 unspecified atom stereocenters. The zero-order valence-electron chi connectivity index (χ0n) is 12.2. The Hall–Kier alpha value is -0.400. The molecule has 0 aliphatic heterocycles. The average Bonchev–Trinajstić information content (AvgIpc) is 2.41. The molecular weight excluding hydrogens is 380 g/mol. The minimum absolute atomic E-state index is 0.560. The molecule has 0 bridgehead atoms. The lowest BCUT2D eigenvalue weighted by atomic mass is 10.0. The second-order valence-electron chi connectivity index (χ2n) is 5.23. The van der Waals surface area contributed by atoms with Gasteiger partial charge < -0.3 is 0 Å². The lowest BCUT2D eigenvalue weighted by molar-refractivity contribution is 0.575. The number of benzene rings is 1. The van der Waals surface area contributed by atoms with Crippen LogP contribution >= 0.6 is 31.9 Å². The average molecular weight is 403 g/mol. The third-order valence-electron chi connectivity index (χ3n) is 3.50. The van der Waals surface area contributed by atoms with Crippen molar-refractivity contribution in [3.63, 3.8) is 0 Å². The fourth-order valence-electron chi connectivity index (χ4n) is 2.32. The van der Waals surface area contributed by atoms with Crippen molar-refractivity contribution in [2.75, 3.05) is 0 Å². The van der Waals surface area contributed by atoms with E-state index in [1.54, 1.807) is 0 Å². The smallest absolute Gasteiger partial charge is 0.0654 e. The van der Waals surface area contributed by atoms with E-state index in [1.807, 2.05) is 12.1 Å². The van der Waals surface area contributed by atoms with Crippen LogP contribution in [0.3, 0.4) is 0 Å². The number of diazo groups is 1. The first kappa shape index (κ1) is 17.7. The molecule has 0 N–H and O–H groups in total. The van der Waals surface area contributed by atoms with Gasteiger partial charge in [-0.05, 0) is 62.4 Å². The summed E-state index contributed by atoms with van der Waals surface area (Å²) in [4.78, 5) is 3.26. The van der Waals surface area contributed by atoms with Gasteiger partial charge in [0.2, 0.25) is 5.39 Å². The van der Waals surface area contributed by atoms with Crippen molar-refractivity contribution >= 4 is 37.5 Å². The Morgan fingerprint density at radius 3 is 1.90 bits per heavy atom. The SMILES string of the molecule is CCCCCCCCCCc1cc(Br)c([N+]#N)c(Br)c1. The number of halogens is 2. The number of hydrogen-bond donors (Lipinski definition) is 0. The number of aryl methyl sites for hydroxylation is 1. The van der Waals surface area contributed by atoms with Gasteiger partial charge in [0.05, 0.1) is 0 Å². The van der Waals surface area contributed by atoms with Crippen molar-refractivity contribution in [3.05, 3.63) is 31.6 Å². The Balaban J connectivity index is 2.24. The molecule has 0 saturated carbocycles. The molecule has 0 saturated heterocycles. The van der Waals surface area contributed by atoms with Crippen molar-refractivity contribution in [1.82, 2.24) is 0 Å². The van der Waals surface area contributed by atoms with E-state index in [1.165, 1.54) is 56.9 Å². The van der Waals surface area contributed by atoms with Crippen LogP contribution < -0.4 is 0 Å². The molecule has 20 heavy (non-hydrogen) atoms. The third kappa shape index (κ3) is 6.37. The van der Waals surface area contributed by atoms with E-state index in [9.17, 15) is 0 Å². The van der Waals surface area contributed by atoms with Gasteiger partial charge in [0, 0.05) is 0 Å². The molecule has 1 rings (SSSR count). The summed E-state index contributed by atoms with van der Waals surface area (Å²) in [7, 11) is 0. The number of hydrogen-bond acceptors (Lipinski definition) is 1. The second-order valence-corrected chi connectivity index (χ2v) is 6.94. The minimum Gasteiger partial charge on any atom is -0.0654 e. The molecule has 0 fully saturated rings. The van der Waals surface area contributed by atoms with Crippen LogP contribution in [0.15, 0.2) is 21.1 Å². The topological polar surface area (TPSA) is 28.1 Å². The first-order chi connectivity index (χ1) is 9.69. The maximum atomic E-state index is 8.89. The summed E-state index contributed by atoms with van der Waals surface area (Å²) in [6.07, 6.45) is 11.8. The van der Waals surface area contributed by atoms with Crippen LogP contribution in [-0.4, -0.2) is 0 Å². The largest absolute Gasteiger partial charge is 0.413 e. The Morgan fingerprint density at radius 2 is 1.40 bits per heavy atom. The fraction of sp³-hybridized carbons (Fsp3) is 0.625. The van der Waals surface area contributed by atoms with Gasteiger partial charge in [0.25, 0.3) is 0 Å². The van der Waals surface area contributed by atoms with Crippen LogP contribution in [0.1, 0.15) is 63.9 Å². The Morgan fingerprint density at radius 1 is 0.900 bits per heavy atom. The number of unbranched alkanes of at least 4 members (excludes halogenated alkanes) is 7. The molecule has 4 heteroatoms. The number of nitrogens with zero attached hydrogens (tertiary/aromatic N) is 2. The number of rotatable bonds is 9. The minimum atomic E-state index is 0.560. The first-order valence-electron chi connectivity index (χ1n) is 7.52. The van der Waals surface area contributed by atoms with Gasteiger partial charge in [-0.3, -0.25) is 0 Å². The van der Waals surface area contributed by atoms with Crippen molar-refractivity contribution in [3.8, 4) is 0 Å². The summed E-state index contributed by atoms with van der Waals surface area (Å²) in [6, 6.07) is 4.09. The van der Waals surface area contributed by atoms with E-state index in [0.717, 1.165) is 15.4 Å². The van der Waals surface area contributed by atoms with Crippen LogP contribution in [0.25, 0.3) is 4.98 Å². The van der Waals surface area contributed by atoms with Gasteiger partial charge in [-0.25, -0.2) is 0 Å². The van der Waals surface area contributed by atoms with Gasteiger partial charge in [0.1, 0.15) is 8.95 Å². The summed E-state index contributed by atoms with van der Waals surface area (Å²) in [6.45, 7) is 2.26. The highest BCUT2D eigenvalue weighted by Crippen LogP contribution is 2.35. The molecule has 1 aromatic rings. The van der Waals surface area contributed by atoms with Crippen molar-refractivity contribution in [2.45, 2.75) is 64.7 Å². The molecule has 0 aromatic heterocycles. The normalized spacial score (nSPS) is 10.5. The highest BCUT2D eigenvalue weighted by molar-refractivity contribution is 9.11. The van der Waals surface area contributed by atoms with Gasteiger partial charge in [0.15, 0.2) is 4.98 Å². The highest BCUT2D eigenvalue weighted by atomic mass is 79.9. The van der Waals surface area contributed by atoms with Crippen molar-refractivity contribution in [1.29, 1.82) is 5.39 Å². The van der Waals surface area contributed by atoms with Gasteiger partial charge in [-0.2, -0.15) is 0 Å². The summed E-state index contributed by atoms with van der Waals surface area (Å²) in [5.41, 5.74) is 1.84. The summed E-state index contributed by atoms with van der Waals surface area (Å²) in [5, 5.41) is 8.89. The van der Waals surface area contributed by atoms with E-state index in [4.69, 9.17) is 5.39 Å². The lowest BCUT2D eigenvalue weighted by Crippen LogP contribution is -1.87. The standard InChI is InChI=1S/C16H23Br2N2/c1-2-3-4-5-6-7-8-9-10-13-11-14(17)16(20-19)15(18)12-13/h11-12H,2-10H2,1H3/q+1. The second kappa shape index (κ2) is 10.3. The van der Waals surface area contributed by atoms with Crippen LogP contribution in [0.2, 0.25) is 0 Å². The molecule has 0 heterocycles. The van der Waals surface area contributed by atoms with Crippen LogP contribution in [-0.2, 0) is 6.42 Å². The molecular formula is C16H23Br2N2+. The maximum absolute atomic E-state index is 8.89. The summed E-state index contributed by atoms with van der Waals surface area (Å²) < 4.78 is 1.67. The Kier molecular flexibility index (Phi) is 9.13. The molecule has 0 aliphatic rings. The monoisotopic (exact) mass is 401 g/mol. The maximum Gasteiger partial charge on any atom is 0.413 e. The zero-order valence-corrected chi connectivity index (χ0v) is 15.3. The van der Waals surface area contributed by atoms with Crippen molar-refractivity contribution in [2.24, 2.45) is 0 Å². The lowest BCUT2D eigenvalue weighted by Gasteiger charge is -2.03. The van der Waals surface area contributed by atoms with Gasteiger partial charge >= 0.3 is 5.69 Å². The molecule has 0 spiro atoms. The van der Waals surface area contributed by atoms with E-state index in [0.29, 0.717) is 5.69 Å². The first-order valence-corrected chi connectivity index (χ1v) is 9.10. The molecule has 1 aromatic carbocycles. The third-order valence-corrected chi connectivity index (χ3v) is 4.70. The Bertz CT molecular complexity index is 429. The zero-order chi connectivity index (χ0) is 14.8. The van der Waals surface area contributed by atoms with Gasteiger partial charge in [-0.1, -0.05) is 51.9 Å². The Labute approximate surface area is 139 Å². The molecule has 2 nitrogen and oxygen atoms in total. The van der Waals surface area contributed by atoms with E-state index in [2.05, 4.69) is 43.8 Å².